The van der Waals surface area contributed by atoms with Crippen molar-refractivity contribution in [1.82, 2.24) is 10.3 Å². The van der Waals surface area contributed by atoms with Crippen LogP contribution in [0, 0.1) is 5.92 Å². The number of hydrogen-bond donors (Lipinski definition) is 2. The fourth-order valence-electron chi connectivity index (χ4n) is 1.75. The van der Waals surface area contributed by atoms with Gasteiger partial charge >= 0.3 is 5.97 Å². The fraction of sp³-hybridized carbons (Fsp3) is 0.714. The van der Waals surface area contributed by atoms with Crippen LogP contribution in [0.2, 0.25) is 0 Å². The highest BCUT2D eigenvalue weighted by Crippen LogP contribution is 2.19. The fourth-order valence-corrected chi connectivity index (χ4v) is 2.58. The molecule has 1 unspecified atom stereocenters. The van der Waals surface area contributed by atoms with Crippen LogP contribution in [-0.4, -0.2) is 22.6 Å². The Kier molecular flexibility index (Phi) is 7.02. The average molecular weight is 284 g/mol. The van der Waals surface area contributed by atoms with Gasteiger partial charge in [-0.2, -0.15) is 0 Å². The first-order valence-electron chi connectivity index (χ1n) is 6.85. The summed E-state index contributed by atoms with van der Waals surface area (Å²) in [5, 5.41) is 15.3. The highest BCUT2D eigenvalue weighted by molar-refractivity contribution is 7.09. The number of hydrogen-bond acceptors (Lipinski definition) is 4. The predicted octanol–water partition coefficient (Wildman–Crippen LogP) is 3.25. The third-order valence-electron chi connectivity index (χ3n) is 3.03. The Bertz CT molecular complexity index is 391. The van der Waals surface area contributed by atoms with E-state index in [1.807, 2.05) is 0 Å². The van der Waals surface area contributed by atoms with Crippen molar-refractivity contribution < 1.29 is 9.90 Å². The SMILES string of the molecule is CC(CCNCc1csc(C(C)C)n1)CCC(=O)O. The van der Waals surface area contributed by atoms with E-state index in [-0.39, 0.29) is 6.42 Å². The van der Waals surface area contributed by atoms with E-state index in [9.17, 15) is 4.79 Å². The van der Waals surface area contributed by atoms with E-state index in [0.29, 0.717) is 11.8 Å². The molecular formula is C14H24N2O2S. The summed E-state index contributed by atoms with van der Waals surface area (Å²) in [6.45, 7) is 8.12. The van der Waals surface area contributed by atoms with Gasteiger partial charge in [-0.3, -0.25) is 4.79 Å². The Morgan fingerprint density at radius 2 is 2.16 bits per heavy atom. The molecule has 0 amide bonds. The minimum absolute atomic E-state index is 0.269. The monoisotopic (exact) mass is 284 g/mol. The molecule has 0 saturated heterocycles. The van der Waals surface area contributed by atoms with Crippen LogP contribution >= 0.6 is 11.3 Å². The molecule has 0 radical (unpaired) electrons. The quantitative estimate of drug-likeness (QED) is 0.683. The lowest BCUT2D eigenvalue weighted by atomic mass is 10.0. The highest BCUT2D eigenvalue weighted by atomic mass is 32.1. The van der Waals surface area contributed by atoms with E-state index in [1.165, 1.54) is 5.01 Å². The van der Waals surface area contributed by atoms with Crippen LogP contribution in [0.5, 0.6) is 0 Å². The molecule has 19 heavy (non-hydrogen) atoms. The number of aromatic nitrogens is 1. The molecule has 0 aliphatic carbocycles. The largest absolute Gasteiger partial charge is 0.481 e. The van der Waals surface area contributed by atoms with Crippen molar-refractivity contribution in [3.8, 4) is 0 Å². The van der Waals surface area contributed by atoms with Crippen molar-refractivity contribution in [3.63, 3.8) is 0 Å². The number of thiazole rings is 1. The lowest BCUT2D eigenvalue weighted by Gasteiger charge is -2.10. The van der Waals surface area contributed by atoms with Gasteiger partial charge in [0.1, 0.15) is 0 Å². The molecule has 0 fully saturated rings. The van der Waals surface area contributed by atoms with E-state index in [4.69, 9.17) is 5.11 Å². The van der Waals surface area contributed by atoms with Gasteiger partial charge in [0.05, 0.1) is 10.7 Å². The molecule has 4 nitrogen and oxygen atoms in total. The first-order valence-corrected chi connectivity index (χ1v) is 7.73. The van der Waals surface area contributed by atoms with Gasteiger partial charge in [-0.25, -0.2) is 4.98 Å². The maximum absolute atomic E-state index is 10.5. The molecule has 1 atom stereocenters. The summed E-state index contributed by atoms with van der Waals surface area (Å²) >= 11 is 1.72. The van der Waals surface area contributed by atoms with Crippen LogP contribution in [0.3, 0.4) is 0 Å². The molecule has 2 N–H and O–H groups in total. The van der Waals surface area contributed by atoms with Gasteiger partial charge in [0, 0.05) is 24.3 Å². The van der Waals surface area contributed by atoms with Crippen LogP contribution in [-0.2, 0) is 11.3 Å². The van der Waals surface area contributed by atoms with Crippen molar-refractivity contribution in [2.24, 2.45) is 5.92 Å². The number of nitrogens with one attached hydrogen (secondary N) is 1. The molecule has 1 rings (SSSR count). The Morgan fingerprint density at radius 3 is 2.74 bits per heavy atom. The zero-order valence-electron chi connectivity index (χ0n) is 12.0. The first kappa shape index (κ1) is 16.1. The second kappa shape index (κ2) is 8.27. The molecule has 0 aliphatic rings. The van der Waals surface area contributed by atoms with Gasteiger partial charge in [-0.05, 0) is 25.3 Å². The van der Waals surface area contributed by atoms with E-state index in [0.717, 1.165) is 31.6 Å². The number of carboxylic acid groups (broad SMARTS) is 1. The number of rotatable bonds is 9. The zero-order valence-corrected chi connectivity index (χ0v) is 12.8. The van der Waals surface area contributed by atoms with E-state index >= 15 is 0 Å². The predicted molar refractivity (Wildman–Crippen MR) is 78.6 cm³/mol. The van der Waals surface area contributed by atoms with E-state index < -0.39 is 5.97 Å². The van der Waals surface area contributed by atoms with Gasteiger partial charge in [-0.1, -0.05) is 20.8 Å². The van der Waals surface area contributed by atoms with Crippen LogP contribution in [0.1, 0.15) is 56.7 Å². The summed E-state index contributed by atoms with van der Waals surface area (Å²) in [5.41, 5.74) is 1.10. The summed E-state index contributed by atoms with van der Waals surface area (Å²) in [6, 6.07) is 0. The van der Waals surface area contributed by atoms with Crippen molar-refractivity contribution in [3.05, 3.63) is 16.1 Å². The van der Waals surface area contributed by atoms with Crippen LogP contribution in [0.4, 0.5) is 0 Å². The third kappa shape index (κ3) is 6.68. The second-order valence-corrected chi connectivity index (χ2v) is 6.22. The molecule has 0 spiro atoms. The van der Waals surface area contributed by atoms with Gasteiger partial charge in [0.2, 0.25) is 0 Å². The lowest BCUT2D eigenvalue weighted by molar-refractivity contribution is -0.137. The van der Waals surface area contributed by atoms with Gasteiger partial charge in [0.15, 0.2) is 0 Å². The number of nitrogens with zero attached hydrogens (tertiary/aromatic N) is 1. The number of carboxylic acids is 1. The molecule has 0 aliphatic heterocycles. The van der Waals surface area contributed by atoms with Crippen LogP contribution in [0.15, 0.2) is 5.38 Å². The Balaban J connectivity index is 2.14. The smallest absolute Gasteiger partial charge is 0.303 e. The maximum atomic E-state index is 10.5. The normalized spacial score (nSPS) is 12.8. The van der Waals surface area contributed by atoms with Gasteiger partial charge < -0.3 is 10.4 Å². The average Bonchev–Trinajstić information content (AvgIpc) is 2.81. The van der Waals surface area contributed by atoms with Crippen molar-refractivity contribution in [2.75, 3.05) is 6.54 Å². The van der Waals surface area contributed by atoms with Crippen LogP contribution < -0.4 is 5.32 Å². The van der Waals surface area contributed by atoms with E-state index in [2.05, 4.69) is 36.5 Å². The maximum Gasteiger partial charge on any atom is 0.303 e. The first-order chi connectivity index (χ1) is 8.99. The van der Waals surface area contributed by atoms with E-state index in [1.54, 1.807) is 11.3 Å². The number of aliphatic carboxylic acids is 1. The molecule has 1 aromatic rings. The molecule has 1 heterocycles. The van der Waals surface area contributed by atoms with Crippen LogP contribution in [0.25, 0.3) is 0 Å². The minimum atomic E-state index is -0.705. The zero-order chi connectivity index (χ0) is 14.3. The second-order valence-electron chi connectivity index (χ2n) is 5.33. The summed E-state index contributed by atoms with van der Waals surface area (Å²) in [5.74, 6) is 0.239. The molecule has 0 saturated carbocycles. The summed E-state index contributed by atoms with van der Waals surface area (Å²) < 4.78 is 0. The minimum Gasteiger partial charge on any atom is -0.481 e. The summed E-state index contributed by atoms with van der Waals surface area (Å²) in [6.07, 6.45) is 2.03. The lowest BCUT2D eigenvalue weighted by Crippen LogP contribution is -2.17. The van der Waals surface area contributed by atoms with Crippen molar-refractivity contribution in [1.29, 1.82) is 0 Å². The topological polar surface area (TPSA) is 62.2 Å². The van der Waals surface area contributed by atoms with Gasteiger partial charge in [-0.15, -0.1) is 11.3 Å². The summed E-state index contributed by atoms with van der Waals surface area (Å²) in [7, 11) is 0. The van der Waals surface area contributed by atoms with Crippen molar-refractivity contribution >= 4 is 17.3 Å². The molecule has 5 heteroatoms. The standard InChI is InChI=1S/C14H24N2O2S/c1-10(2)14-16-12(9-19-14)8-15-7-6-11(3)4-5-13(17)18/h9-11,15H,4-8H2,1-3H3,(H,17,18). The number of carbonyl (C=O) groups is 1. The molecule has 0 bridgehead atoms. The molecule has 0 aromatic carbocycles. The molecule has 1 aromatic heterocycles. The molecular weight excluding hydrogens is 260 g/mol. The Morgan fingerprint density at radius 1 is 1.42 bits per heavy atom. The van der Waals surface area contributed by atoms with Gasteiger partial charge in [0.25, 0.3) is 0 Å². The third-order valence-corrected chi connectivity index (χ3v) is 4.23. The van der Waals surface area contributed by atoms with Crippen molar-refractivity contribution in [2.45, 2.75) is 52.5 Å². The molecule has 108 valence electrons. The Labute approximate surface area is 119 Å². The summed E-state index contributed by atoms with van der Waals surface area (Å²) in [4.78, 5) is 15.0. The Hall–Kier alpha value is -0.940. The highest BCUT2D eigenvalue weighted by Gasteiger charge is 2.07.